The minimum atomic E-state index is -3.05. The van der Waals surface area contributed by atoms with E-state index in [1.165, 1.54) is 6.07 Å². The lowest BCUT2D eigenvalue weighted by molar-refractivity contribution is -0.377. The van der Waals surface area contributed by atoms with Crippen LogP contribution in [0.1, 0.15) is 95.1 Å². The first-order valence-electron chi connectivity index (χ1n) is 23.9. The summed E-state index contributed by atoms with van der Waals surface area (Å²) in [5.74, 6) is -0.317. The molecule has 10 rings (SSSR count). The molecule has 16 heteroatoms. The molecule has 0 radical (unpaired) electrons. The number of halogens is 4. The lowest BCUT2D eigenvalue weighted by atomic mass is 9.85. The van der Waals surface area contributed by atoms with Crippen molar-refractivity contribution in [3.05, 3.63) is 153 Å². The summed E-state index contributed by atoms with van der Waals surface area (Å²) in [5.41, 5.74) is 4.20. The second-order valence-electron chi connectivity index (χ2n) is 18.5. The maximum Gasteiger partial charge on any atom is 0.387 e. The predicted molar refractivity (Wildman–Crippen MR) is 257 cm³/mol. The topological polar surface area (TPSA) is 148 Å². The number of carbonyl (C=O) groups is 3. The highest BCUT2D eigenvalue weighted by atomic mass is 35.5. The van der Waals surface area contributed by atoms with Crippen LogP contribution in [0.4, 0.5) is 8.78 Å². The van der Waals surface area contributed by atoms with Gasteiger partial charge >= 0.3 is 24.5 Å². The smallest absolute Gasteiger partial charge is 0.387 e. The van der Waals surface area contributed by atoms with E-state index in [1.54, 1.807) is 48.8 Å². The molecule has 0 amide bonds. The number of alkyl halides is 2. The van der Waals surface area contributed by atoms with Gasteiger partial charge in [0.1, 0.15) is 34.0 Å². The summed E-state index contributed by atoms with van der Waals surface area (Å²) in [6.07, 6.45) is 8.59. The van der Waals surface area contributed by atoms with Crippen molar-refractivity contribution in [3.63, 3.8) is 0 Å². The zero-order valence-electron chi connectivity index (χ0n) is 38.7. The van der Waals surface area contributed by atoms with Gasteiger partial charge in [-0.05, 0) is 135 Å². The Bertz CT molecular complexity index is 2560. The van der Waals surface area contributed by atoms with E-state index < -0.39 is 30.7 Å². The van der Waals surface area contributed by atoms with Crippen molar-refractivity contribution in [1.82, 2.24) is 9.80 Å². The molecule has 5 heterocycles. The minimum absolute atomic E-state index is 0. The molecule has 4 aliphatic heterocycles. The van der Waals surface area contributed by atoms with Gasteiger partial charge in [0.15, 0.2) is 23.9 Å². The largest absolute Gasteiger partial charge is 0.870 e. The lowest BCUT2D eigenvalue weighted by Gasteiger charge is -2.44. The normalized spacial score (nSPS) is 20.5. The summed E-state index contributed by atoms with van der Waals surface area (Å²) >= 11 is 13.1. The molecule has 2 N–H and O–H groups in total. The van der Waals surface area contributed by atoms with Gasteiger partial charge in [-0.1, -0.05) is 83.9 Å². The quantitative estimate of drug-likeness (QED) is 0.0542. The molecule has 0 spiro atoms. The van der Waals surface area contributed by atoms with Gasteiger partial charge in [0.2, 0.25) is 0 Å². The Labute approximate surface area is 416 Å². The first-order chi connectivity index (χ1) is 33.5. The second-order valence-corrected chi connectivity index (χ2v) is 19.3. The summed E-state index contributed by atoms with van der Waals surface area (Å²) in [4.78, 5) is 48.5. The van der Waals surface area contributed by atoms with Gasteiger partial charge in [0.05, 0.1) is 18.6 Å². The number of likely N-dealkylation sites (tertiary alicyclic amines) is 1. The van der Waals surface area contributed by atoms with Crippen molar-refractivity contribution in [3.8, 4) is 17.2 Å². The van der Waals surface area contributed by atoms with E-state index in [9.17, 15) is 23.2 Å². The van der Waals surface area contributed by atoms with Crippen LogP contribution in [0.25, 0.3) is 0 Å². The van der Waals surface area contributed by atoms with Crippen molar-refractivity contribution in [2.24, 2.45) is 11.8 Å². The number of pyridine rings is 1. The van der Waals surface area contributed by atoms with Gasteiger partial charge < -0.3 is 29.2 Å². The van der Waals surface area contributed by atoms with Crippen LogP contribution in [0.3, 0.4) is 0 Å². The molecule has 12 nitrogen and oxygen atoms in total. The Morgan fingerprint density at radius 2 is 1.53 bits per heavy atom. The highest BCUT2D eigenvalue weighted by molar-refractivity contribution is 6.35. The summed E-state index contributed by atoms with van der Waals surface area (Å²) < 4.78 is 55.7. The molecule has 5 aliphatic rings. The number of hydrogen-bond donors (Lipinski definition) is 0. The van der Waals surface area contributed by atoms with Crippen LogP contribution in [0.2, 0.25) is 10.0 Å². The number of benzene rings is 4. The highest BCUT2D eigenvalue weighted by Gasteiger charge is 2.38. The second kappa shape index (κ2) is 23.5. The fourth-order valence-electron chi connectivity index (χ4n) is 9.77. The molecule has 4 saturated heterocycles. The molecule has 0 unspecified atom stereocenters. The molecular weight excluding hydrogens is 944 g/mol. The SMILES string of the molecule is O=C(C[C@@H](c1ccccc1)c1cccc(C(=O)Oc2ccc(CCN3CCC[C@H]3C(=O)O[C@@H](Cc3c(Cl)c[nH+]cc3Cl)c3ccc(OC(F)F)c(OCC4CC4)c3)cc2)c1)O[C@H]1CN2CCC1CC2.[OH-]. The summed E-state index contributed by atoms with van der Waals surface area (Å²) in [7, 11) is 0. The van der Waals surface area contributed by atoms with Crippen LogP contribution in [-0.2, 0) is 31.9 Å². The molecule has 370 valence electrons. The van der Waals surface area contributed by atoms with Crippen LogP contribution in [0.5, 0.6) is 17.2 Å². The average molecular weight is 1000 g/mol. The van der Waals surface area contributed by atoms with Crippen molar-refractivity contribution >= 4 is 41.1 Å². The molecule has 1 aromatic heterocycles. The number of carbonyl (C=O) groups excluding carboxylic acids is 3. The number of fused-ring (bicyclic) bond motifs is 3. The van der Waals surface area contributed by atoms with Crippen LogP contribution >= 0.6 is 23.2 Å². The Hall–Kier alpha value is -5.64. The number of nitrogens with zero attached hydrogens (tertiary/aromatic N) is 2. The summed E-state index contributed by atoms with van der Waals surface area (Å²) in [6.45, 7) is 1.48. The standard InChI is InChI=1S/C54H55Cl2F2N3O8.H2O/c55-44-30-59-31-45(56)43(44)28-48(39-15-18-47(69-54(57)58)49(27-39)65-33-35-11-12-35)68-53(64)46-10-5-22-61(46)25-19-34-13-16-41(17-14-34)66-52(63)40-9-4-8-38(26-40)42(36-6-2-1-3-7-36)29-51(62)67-50-32-60-23-20-37(50)21-24-60;/h1-4,6-9,13-18,26-27,30-31,35,37,42,46,48,50,54H,5,10-12,19-25,28-29,32-33H2;1H2/t42-,46-,48-,50-;/m0./s1. The molecule has 4 atom stereocenters. The third-order valence-electron chi connectivity index (χ3n) is 13.8. The number of rotatable bonds is 20. The monoisotopic (exact) mass is 999 g/mol. The number of aromatic nitrogens is 1. The Kier molecular flexibility index (Phi) is 17.0. The van der Waals surface area contributed by atoms with Crippen LogP contribution in [0.15, 0.2) is 109 Å². The van der Waals surface area contributed by atoms with Crippen LogP contribution < -0.4 is 19.2 Å². The molecule has 5 aromatic rings. The fraction of sp³-hybridized carbons (Fsp3) is 0.407. The molecule has 70 heavy (non-hydrogen) atoms. The van der Waals surface area contributed by atoms with Gasteiger partial charge in [-0.15, -0.1) is 0 Å². The van der Waals surface area contributed by atoms with Crippen molar-refractivity contribution in [2.45, 2.75) is 88.6 Å². The number of hydrogen-bond acceptors (Lipinski definition) is 11. The Morgan fingerprint density at radius 1 is 0.786 bits per heavy atom. The number of esters is 3. The van der Waals surface area contributed by atoms with Crippen molar-refractivity contribution in [1.29, 1.82) is 0 Å². The molecule has 5 fully saturated rings. The molecule has 4 aromatic carbocycles. The number of ether oxygens (including phenoxy) is 5. The van der Waals surface area contributed by atoms with E-state index in [4.69, 9.17) is 46.9 Å². The number of aromatic amines is 1. The third-order valence-corrected chi connectivity index (χ3v) is 14.5. The van der Waals surface area contributed by atoms with Gasteiger partial charge in [0, 0.05) is 31.0 Å². The highest BCUT2D eigenvalue weighted by Crippen LogP contribution is 2.39. The van der Waals surface area contributed by atoms with Gasteiger partial charge in [0.25, 0.3) is 0 Å². The maximum atomic E-state index is 14.1. The van der Waals surface area contributed by atoms with Gasteiger partial charge in [-0.25, -0.2) is 9.78 Å². The average Bonchev–Trinajstić information content (AvgIpc) is 4.07. The molecule has 1 aliphatic carbocycles. The van der Waals surface area contributed by atoms with Gasteiger partial charge in [-0.3, -0.25) is 19.4 Å². The number of H-pyrrole nitrogens is 1. The molecule has 2 bridgehead atoms. The van der Waals surface area contributed by atoms with E-state index in [0.717, 1.165) is 68.4 Å². The maximum absolute atomic E-state index is 14.1. The minimum Gasteiger partial charge on any atom is -0.870 e. The van der Waals surface area contributed by atoms with E-state index in [-0.39, 0.29) is 47.8 Å². The van der Waals surface area contributed by atoms with E-state index in [1.807, 2.05) is 54.6 Å². The van der Waals surface area contributed by atoms with E-state index >= 15 is 0 Å². The first kappa shape index (κ1) is 50.7. The van der Waals surface area contributed by atoms with Crippen molar-refractivity contribution in [2.75, 3.05) is 39.3 Å². The lowest BCUT2D eigenvalue weighted by Crippen LogP contribution is -2.52. The Morgan fingerprint density at radius 3 is 2.23 bits per heavy atom. The molecule has 1 saturated carbocycles. The van der Waals surface area contributed by atoms with Gasteiger partial charge in [-0.2, -0.15) is 8.78 Å². The van der Waals surface area contributed by atoms with Crippen LogP contribution in [0, 0.1) is 11.8 Å². The predicted octanol–water partition coefficient (Wildman–Crippen LogP) is 9.93. The Balaban J connectivity index is 0.00000659. The zero-order chi connectivity index (χ0) is 47.9. The molecular formula is C54H57Cl2F2N3O9. The van der Waals surface area contributed by atoms with Crippen LogP contribution in [-0.4, -0.2) is 91.3 Å². The number of piperidine rings is 3. The van der Waals surface area contributed by atoms with E-state index in [2.05, 4.69) is 14.8 Å². The first-order valence-corrected chi connectivity index (χ1v) is 24.7. The van der Waals surface area contributed by atoms with Crippen molar-refractivity contribution < 1.29 is 57.3 Å². The fourth-order valence-corrected chi connectivity index (χ4v) is 10.3. The summed E-state index contributed by atoms with van der Waals surface area (Å²) in [6, 6.07) is 28.4. The van der Waals surface area contributed by atoms with E-state index in [0.29, 0.717) is 76.9 Å². The number of nitrogens with one attached hydrogen (secondary N) is 1. The third kappa shape index (κ3) is 13.0. The summed E-state index contributed by atoms with van der Waals surface area (Å²) in [5, 5.41) is 0.705. The zero-order valence-corrected chi connectivity index (χ0v) is 40.2.